The van der Waals surface area contributed by atoms with Gasteiger partial charge in [-0.3, -0.25) is 9.28 Å². The van der Waals surface area contributed by atoms with Gasteiger partial charge in [0, 0.05) is 16.1 Å². The van der Waals surface area contributed by atoms with Gasteiger partial charge in [0.15, 0.2) is 11.4 Å². The number of quaternary nitrogens is 1. The molecule has 156 valence electrons. The van der Waals surface area contributed by atoms with Gasteiger partial charge in [0.1, 0.15) is 12.4 Å². The molecule has 0 saturated carbocycles. The first kappa shape index (κ1) is 22.9. The van der Waals surface area contributed by atoms with Crippen molar-refractivity contribution in [2.75, 3.05) is 27.7 Å². The van der Waals surface area contributed by atoms with E-state index in [1.165, 1.54) is 0 Å². The third kappa shape index (κ3) is 6.03. The van der Waals surface area contributed by atoms with E-state index in [4.69, 9.17) is 21.1 Å². The van der Waals surface area contributed by atoms with E-state index in [0.717, 1.165) is 0 Å². The van der Waals surface area contributed by atoms with E-state index < -0.39 is 17.8 Å². The van der Waals surface area contributed by atoms with Gasteiger partial charge in [-0.05, 0) is 62.4 Å². The summed E-state index contributed by atoms with van der Waals surface area (Å²) < 4.78 is 11.5. The summed E-state index contributed by atoms with van der Waals surface area (Å²) in [4.78, 5) is 25.1. The normalized spacial score (nSPS) is 12.9. The third-order valence-electron chi connectivity index (χ3n) is 4.35. The number of carbonyl (C=O) groups excluding carboxylic acids is 2. The number of esters is 1. The zero-order chi connectivity index (χ0) is 21.8. The fourth-order valence-corrected chi connectivity index (χ4v) is 2.61. The van der Waals surface area contributed by atoms with Gasteiger partial charge in [-0.2, -0.15) is 0 Å². The first-order chi connectivity index (χ1) is 13.4. The molecule has 7 heteroatoms. The number of hydrogen-bond acceptors (Lipinski definition) is 5. The van der Waals surface area contributed by atoms with Crippen molar-refractivity contribution in [3.8, 4) is 5.75 Å². The van der Waals surface area contributed by atoms with Crippen LogP contribution in [0.4, 0.5) is 0 Å². The monoisotopic (exact) mass is 420 g/mol. The predicted molar refractivity (Wildman–Crippen MR) is 111 cm³/mol. The van der Waals surface area contributed by atoms with Crippen molar-refractivity contribution in [3.63, 3.8) is 0 Å². The molecule has 0 bridgehead atoms. The van der Waals surface area contributed by atoms with Crippen molar-refractivity contribution < 1.29 is 28.7 Å². The number of halogens is 1. The average Bonchev–Trinajstić information content (AvgIpc) is 2.65. The van der Waals surface area contributed by atoms with Gasteiger partial charge in [-0.25, -0.2) is 4.79 Å². The van der Waals surface area contributed by atoms with Crippen molar-refractivity contribution in [1.29, 1.82) is 0 Å². The zero-order valence-electron chi connectivity index (χ0n) is 17.3. The molecule has 2 aromatic rings. The lowest BCUT2D eigenvalue weighted by Crippen LogP contribution is -2.53. The van der Waals surface area contributed by atoms with Gasteiger partial charge in [-0.15, -0.1) is 0 Å². The highest BCUT2D eigenvalue weighted by Gasteiger charge is 2.37. The molecule has 2 rings (SSSR count). The topological polar surface area (TPSA) is 72.8 Å². The number of aliphatic hydroxyl groups excluding tert-OH is 1. The van der Waals surface area contributed by atoms with Gasteiger partial charge in [0.25, 0.3) is 6.23 Å². The number of hydrogen-bond donors (Lipinski definition) is 1. The Kier molecular flexibility index (Phi) is 7.06. The van der Waals surface area contributed by atoms with Crippen molar-refractivity contribution in [2.45, 2.75) is 25.7 Å². The second-order valence-electron chi connectivity index (χ2n) is 8.13. The van der Waals surface area contributed by atoms with Crippen LogP contribution in [0.1, 0.15) is 29.8 Å². The van der Waals surface area contributed by atoms with Crippen LogP contribution in [0, 0.1) is 0 Å². The second kappa shape index (κ2) is 8.95. The van der Waals surface area contributed by atoms with Crippen molar-refractivity contribution >= 4 is 23.4 Å². The number of nitrogens with zero attached hydrogens (tertiary/aromatic N) is 1. The Balaban J connectivity index is 2.08. The molecule has 29 heavy (non-hydrogen) atoms. The molecule has 0 aromatic heterocycles. The van der Waals surface area contributed by atoms with E-state index in [9.17, 15) is 14.7 Å². The molecule has 1 atom stereocenters. The second-order valence-corrected chi connectivity index (χ2v) is 8.57. The van der Waals surface area contributed by atoms with Crippen LogP contribution in [-0.2, 0) is 9.53 Å². The van der Waals surface area contributed by atoms with Crippen LogP contribution in [0.3, 0.4) is 0 Å². The minimum absolute atomic E-state index is 0.138. The van der Waals surface area contributed by atoms with Crippen LogP contribution in [0.25, 0.3) is 0 Å². The van der Waals surface area contributed by atoms with Crippen LogP contribution in [0.15, 0.2) is 48.5 Å². The van der Waals surface area contributed by atoms with E-state index in [1.54, 1.807) is 62.4 Å². The summed E-state index contributed by atoms with van der Waals surface area (Å²) in [6.07, 6.45) is -0.704. The lowest BCUT2D eigenvalue weighted by Gasteiger charge is -2.34. The summed E-state index contributed by atoms with van der Waals surface area (Å²) in [5, 5.41) is 10.0. The van der Waals surface area contributed by atoms with Gasteiger partial charge in [0.2, 0.25) is 0 Å². The smallest absolute Gasteiger partial charge is 0.354 e. The Morgan fingerprint density at radius 3 is 1.93 bits per heavy atom. The molecule has 0 aliphatic heterocycles. The van der Waals surface area contributed by atoms with E-state index in [0.29, 0.717) is 21.9 Å². The number of ether oxygens (including phenoxy) is 2. The lowest BCUT2D eigenvalue weighted by atomic mass is 10.0. The maximum atomic E-state index is 12.5. The molecule has 0 saturated heterocycles. The van der Waals surface area contributed by atoms with Crippen LogP contribution in [0.5, 0.6) is 5.75 Å². The summed E-state index contributed by atoms with van der Waals surface area (Å²) in [7, 11) is 5.45. The summed E-state index contributed by atoms with van der Waals surface area (Å²) in [5.74, 6) is -0.308. The summed E-state index contributed by atoms with van der Waals surface area (Å²) in [5.41, 5.74) is -0.252. The molecule has 0 radical (unpaired) electrons. The fourth-order valence-electron chi connectivity index (χ4n) is 2.48. The minimum Gasteiger partial charge on any atom is -0.476 e. The van der Waals surface area contributed by atoms with Crippen LogP contribution < -0.4 is 4.74 Å². The predicted octanol–water partition coefficient (Wildman–Crippen LogP) is 3.30. The van der Waals surface area contributed by atoms with E-state index in [2.05, 4.69) is 0 Å². The van der Waals surface area contributed by atoms with E-state index in [-0.39, 0.29) is 16.9 Å². The van der Waals surface area contributed by atoms with Crippen molar-refractivity contribution in [2.24, 2.45) is 0 Å². The van der Waals surface area contributed by atoms with Crippen molar-refractivity contribution in [1.82, 2.24) is 0 Å². The highest BCUT2D eigenvalue weighted by molar-refractivity contribution is 6.30. The minimum atomic E-state index is -1.27. The number of aliphatic hydroxyl groups is 1. The van der Waals surface area contributed by atoms with Crippen LogP contribution in [-0.4, -0.2) is 60.9 Å². The van der Waals surface area contributed by atoms with Crippen molar-refractivity contribution in [3.05, 3.63) is 64.7 Å². The summed E-state index contributed by atoms with van der Waals surface area (Å²) >= 11 is 5.86. The van der Waals surface area contributed by atoms with Gasteiger partial charge >= 0.3 is 5.97 Å². The average molecular weight is 421 g/mol. The first-order valence-corrected chi connectivity index (χ1v) is 9.54. The molecule has 0 spiro atoms. The van der Waals surface area contributed by atoms with Gasteiger partial charge < -0.3 is 14.6 Å². The molecular weight excluding hydrogens is 394 g/mol. The quantitative estimate of drug-likeness (QED) is 0.307. The van der Waals surface area contributed by atoms with Crippen LogP contribution in [0.2, 0.25) is 5.02 Å². The number of likely N-dealkylation sites (N-methyl/N-ethyl adjacent to an activating group) is 1. The number of ketones is 1. The number of rotatable bonds is 8. The molecule has 0 amide bonds. The zero-order valence-corrected chi connectivity index (χ0v) is 18.1. The third-order valence-corrected chi connectivity index (χ3v) is 4.60. The summed E-state index contributed by atoms with van der Waals surface area (Å²) in [6.45, 7) is 2.88. The Labute approximate surface area is 176 Å². The number of carbonyl (C=O) groups is 2. The Bertz CT molecular complexity index is 854. The SMILES string of the molecule is CC(C)(Oc1ccc(C(=O)c2ccc(Cl)cc2)cc1)C(=O)OC(CO)[N+](C)(C)C. The van der Waals surface area contributed by atoms with Gasteiger partial charge in [-0.1, -0.05) is 11.6 Å². The summed E-state index contributed by atoms with van der Waals surface area (Å²) in [6, 6.07) is 13.2. The molecule has 1 unspecified atom stereocenters. The Hall–Kier alpha value is -2.41. The molecule has 2 aromatic carbocycles. The standard InChI is InChI=1S/C22H27ClNO5/c1-22(2,21(27)28-19(14-25)24(3,4)5)29-18-12-8-16(9-13-18)20(26)15-6-10-17(23)11-7-15/h6-13,19,25H,14H2,1-5H3/q+1. The molecule has 0 aliphatic rings. The highest BCUT2D eigenvalue weighted by Crippen LogP contribution is 2.23. The molecule has 1 N–H and O–H groups in total. The molecular formula is C22H27ClNO5+. The van der Waals surface area contributed by atoms with Gasteiger partial charge in [0.05, 0.1) is 21.1 Å². The largest absolute Gasteiger partial charge is 0.476 e. The first-order valence-electron chi connectivity index (χ1n) is 9.16. The van der Waals surface area contributed by atoms with E-state index >= 15 is 0 Å². The van der Waals surface area contributed by atoms with E-state index in [1.807, 2.05) is 21.1 Å². The lowest BCUT2D eigenvalue weighted by molar-refractivity contribution is -0.917. The molecule has 0 fully saturated rings. The maximum absolute atomic E-state index is 12.5. The fraction of sp³-hybridized carbons (Fsp3) is 0.364. The Morgan fingerprint density at radius 2 is 1.48 bits per heavy atom. The molecule has 0 heterocycles. The Morgan fingerprint density at radius 1 is 1.00 bits per heavy atom. The molecule has 0 aliphatic carbocycles. The van der Waals surface area contributed by atoms with Crippen LogP contribution >= 0.6 is 11.6 Å². The maximum Gasteiger partial charge on any atom is 0.354 e. The molecule has 6 nitrogen and oxygen atoms in total. The highest BCUT2D eigenvalue weighted by atomic mass is 35.5. The number of benzene rings is 2.